The molecule has 0 saturated heterocycles. The Kier molecular flexibility index (Phi) is 7.41. The van der Waals surface area contributed by atoms with Crippen LogP contribution in [-0.4, -0.2) is 24.3 Å². The second-order valence-corrected chi connectivity index (χ2v) is 8.80. The van der Waals surface area contributed by atoms with Crippen molar-refractivity contribution in [3.05, 3.63) is 94.1 Å². The van der Waals surface area contributed by atoms with Gasteiger partial charge in [0.05, 0.1) is 18.7 Å². The van der Waals surface area contributed by atoms with E-state index in [0.29, 0.717) is 23.7 Å². The zero-order valence-electron chi connectivity index (χ0n) is 20.2. The molecule has 1 aliphatic heterocycles. The Hall–Kier alpha value is -4.10. The van der Waals surface area contributed by atoms with E-state index < -0.39 is 11.8 Å². The highest BCUT2D eigenvalue weighted by Gasteiger charge is 2.38. The van der Waals surface area contributed by atoms with E-state index in [9.17, 15) is 14.4 Å². The smallest absolute Gasteiger partial charge is 0.283 e. The fourth-order valence-corrected chi connectivity index (χ4v) is 4.02. The standard InChI is InChI=1S/C28H26ClN3O4/c1-4-36-22-13-11-21(12-14-22)32-27(34)25(29)26(28(32)35)30-20-9-7-19(8-10-20)16-24(33)31-23-15-17(2)5-6-18(23)3/h5-15,30H,4,16H2,1-3H3,(H,31,33). The van der Waals surface area contributed by atoms with Crippen molar-refractivity contribution in [2.45, 2.75) is 27.2 Å². The van der Waals surface area contributed by atoms with Crippen LogP contribution in [0.15, 0.2) is 77.5 Å². The van der Waals surface area contributed by atoms with Gasteiger partial charge in [-0.05, 0) is 79.9 Å². The summed E-state index contributed by atoms with van der Waals surface area (Å²) in [5, 5.41) is 5.70. The molecule has 184 valence electrons. The molecule has 7 nitrogen and oxygen atoms in total. The summed E-state index contributed by atoms with van der Waals surface area (Å²) in [5.74, 6) is -0.641. The van der Waals surface area contributed by atoms with E-state index in [2.05, 4.69) is 10.6 Å². The quantitative estimate of drug-likeness (QED) is 0.406. The van der Waals surface area contributed by atoms with Gasteiger partial charge in [0.15, 0.2) is 0 Å². The lowest BCUT2D eigenvalue weighted by atomic mass is 10.1. The van der Waals surface area contributed by atoms with Crippen LogP contribution in [-0.2, 0) is 20.8 Å². The van der Waals surface area contributed by atoms with Crippen LogP contribution in [0.4, 0.5) is 17.1 Å². The number of rotatable bonds is 8. The highest BCUT2D eigenvalue weighted by Crippen LogP contribution is 2.31. The first kappa shape index (κ1) is 25.0. The minimum atomic E-state index is -0.604. The normalized spacial score (nSPS) is 13.3. The molecule has 0 unspecified atom stereocenters. The van der Waals surface area contributed by atoms with E-state index in [0.717, 1.165) is 27.3 Å². The van der Waals surface area contributed by atoms with Gasteiger partial charge in [-0.1, -0.05) is 35.9 Å². The summed E-state index contributed by atoms with van der Waals surface area (Å²) >= 11 is 6.23. The zero-order chi connectivity index (χ0) is 25.8. The maximum absolute atomic E-state index is 13.0. The van der Waals surface area contributed by atoms with Crippen LogP contribution in [0.5, 0.6) is 5.75 Å². The number of anilines is 3. The summed E-state index contributed by atoms with van der Waals surface area (Å²) < 4.78 is 5.41. The maximum Gasteiger partial charge on any atom is 0.283 e. The van der Waals surface area contributed by atoms with Crippen molar-refractivity contribution in [2.75, 3.05) is 22.1 Å². The number of imide groups is 1. The monoisotopic (exact) mass is 503 g/mol. The number of amides is 3. The Morgan fingerprint density at radius 3 is 2.31 bits per heavy atom. The molecule has 3 aromatic carbocycles. The Morgan fingerprint density at radius 2 is 1.64 bits per heavy atom. The van der Waals surface area contributed by atoms with Crippen LogP contribution < -0.4 is 20.3 Å². The van der Waals surface area contributed by atoms with Gasteiger partial charge in [-0.3, -0.25) is 14.4 Å². The third-order valence-corrected chi connectivity index (χ3v) is 6.04. The van der Waals surface area contributed by atoms with Gasteiger partial charge < -0.3 is 15.4 Å². The molecule has 0 bridgehead atoms. The topological polar surface area (TPSA) is 87.7 Å². The summed E-state index contributed by atoms with van der Waals surface area (Å²) in [4.78, 5) is 39.2. The van der Waals surface area contributed by atoms with Crippen molar-refractivity contribution in [2.24, 2.45) is 0 Å². The summed E-state index contributed by atoms with van der Waals surface area (Å²) in [5.41, 5.74) is 4.62. The fraction of sp³-hybridized carbons (Fsp3) is 0.179. The van der Waals surface area contributed by atoms with Crippen LogP contribution in [0.2, 0.25) is 0 Å². The largest absolute Gasteiger partial charge is 0.494 e. The van der Waals surface area contributed by atoms with Gasteiger partial charge in [0.25, 0.3) is 11.8 Å². The molecule has 2 N–H and O–H groups in total. The zero-order valence-corrected chi connectivity index (χ0v) is 21.0. The third kappa shape index (κ3) is 5.42. The fourth-order valence-electron chi connectivity index (χ4n) is 3.80. The van der Waals surface area contributed by atoms with Gasteiger partial charge in [0.2, 0.25) is 5.91 Å². The van der Waals surface area contributed by atoms with Gasteiger partial charge >= 0.3 is 0 Å². The molecule has 0 radical (unpaired) electrons. The summed E-state index contributed by atoms with van der Waals surface area (Å²) in [7, 11) is 0. The van der Waals surface area contributed by atoms with Crippen molar-refractivity contribution in [3.63, 3.8) is 0 Å². The van der Waals surface area contributed by atoms with Gasteiger partial charge in [-0.25, -0.2) is 4.90 Å². The van der Waals surface area contributed by atoms with Gasteiger partial charge in [0, 0.05) is 11.4 Å². The van der Waals surface area contributed by atoms with E-state index in [1.54, 1.807) is 48.5 Å². The predicted octanol–water partition coefficient (Wildman–Crippen LogP) is 5.32. The van der Waals surface area contributed by atoms with Crippen molar-refractivity contribution in [1.82, 2.24) is 0 Å². The number of nitrogens with zero attached hydrogens (tertiary/aromatic N) is 1. The predicted molar refractivity (Wildman–Crippen MR) is 141 cm³/mol. The number of hydrogen-bond acceptors (Lipinski definition) is 5. The number of halogens is 1. The molecule has 0 aliphatic carbocycles. The molecule has 0 aromatic heterocycles. The average Bonchev–Trinajstić information content (AvgIpc) is 3.06. The van der Waals surface area contributed by atoms with Crippen LogP contribution in [0.1, 0.15) is 23.6 Å². The lowest BCUT2D eigenvalue weighted by Gasteiger charge is -2.15. The Balaban J connectivity index is 1.41. The Morgan fingerprint density at radius 1 is 0.944 bits per heavy atom. The highest BCUT2D eigenvalue weighted by atomic mass is 35.5. The molecule has 0 saturated carbocycles. The van der Waals surface area contributed by atoms with E-state index in [1.807, 2.05) is 39.0 Å². The molecule has 1 heterocycles. The summed E-state index contributed by atoms with van der Waals surface area (Å²) in [6.07, 6.45) is 0.194. The molecule has 3 aromatic rings. The number of carbonyl (C=O) groups is 3. The van der Waals surface area contributed by atoms with Crippen LogP contribution in [0, 0.1) is 13.8 Å². The summed E-state index contributed by atoms with van der Waals surface area (Å²) in [6, 6.07) is 19.6. The number of aryl methyl sites for hydroxylation is 2. The minimum Gasteiger partial charge on any atom is -0.494 e. The van der Waals surface area contributed by atoms with E-state index in [-0.39, 0.29) is 23.1 Å². The lowest BCUT2D eigenvalue weighted by molar-refractivity contribution is -0.120. The number of carbonyl (C=O) groups excluding carboxylic acids is 3. The average molecular weight is 504 g/mol. The molecular weight excluding hydrogens is 478 g/mol. The van der Waals surface area contributed by atoms with Crippen molar-refractivity contribution in [3.8, 4) is 5.75 Å². The second-order valence-electron chi connectivity index (χ2n) is 8.43. The number of ether oxygens (including phenoxy) is 1. The SMILES string of the molecule is CCOc1ccc(N2C(=O)C(Cl)=C(Nc3ccc(CC(=O)Nc4cc(C)ccc4C)cc3)C2=O)cc1. The van der Waals surface area contributed by atoms with Crippen molar-refractivity contribution in [1.29, 1.82) is 0 Å². The number of nitrogens with one attached hydrogen (secondary N) is 2. The van der Waals surface area contributed by atoms with E-state index >= 15 is 0 Å². The molecule has 1 aliphatic rings. The highest BCUT2D eigenvalue weighted by molar-refractivity contribution is 6.53. The second kappa shape index (κ2) is 10.7. The summed E-state index contributed by atoms with van der Waals surface area (Å²) in [6.45, 7) is 6.30. The van der Waals surface area contributed by atoms with Crippen LogP contribution in [0.25, 0.3) is 0 Å². The van der Waals surface area contributed by atoms with Crippen molar-refractivity contribution < 1.29 is 19.1 Å². The number of benzene rings is 3. The lowest BCUT2D eigenvalue weighted by Crippen LogP contribution is -2.32. The molecule has 4 rings (SSSR count). The molecule has 0 fully saturated rings. The Labute approximate surface area is 214 Å². The van der Waals surface area contributed by atoms with Gasteiger partial charge in [0.1, 0.15) is 16.5 Å². The van der Waals surface area contributed by atoms with E-state index in [4.69, 9.17) is 16.3 Å². The van der Waals surface area contributed by atoms with Crippen LogP contribution >= 0.6 is 11.6 Å². The first-order valence-corrected chi connectivity index (χ1v) is 11.9. The third-order valence-electron chi connectivity index (χ3n) is 5.69. The van der Waals surface area contributed by atoms with Gasteiger partial charge in [-0.15, -0.1) is 0 Å². The molecule has 3 amide bonds. The molecule has 36 heavy (non-hydrogen) atoms. The molecule has 0 spiro atoms. The van der Waals surface area contributed by atoms with E-state index in [1.165, 1.54) is 0 Å². The number of hydrogen-bond donors (Lipinski definition) is 2. The Bertz CT molecular complexity index is 1350. The van der Waals surface area contributed by atoms with Crippen LogP contribution in [0.3, 0.4) is 0 Å². The van der Waals surface area contributed by atoms with Crippen molar-refractivity contribution >= 4 is 46.4 Å². The minimum absolute atomic E-state index is 0.00373. The first-order chi connectivity index (χ1) is 17.3. The van der Waals surface area contributed by atoms with Gasteiger partial charge in [-0.2, -0.15) is 0 Å². The maximum atomic E-state index is 13.0. The molecular formula is C28H26ClN3O4. The first-order valence-electron chi connectivity index (χ1n) is 11.5. The molecule has 8 heteroatoms. The molecule has 0 atom stereocenters.